The lowest BCUT2D eigenvalue weighted by molar-refractivity contribution is -0.113. The molecule has 1 aromatic carbocycles. The van der Waals surface area contributed by atoms with Crippen molar-refractivity contribution in [2.75, 3.05) is 24.3 Å². The van der Waals surface area contributed by atoms with Gasteiger partial charge < -0.3 is 14.8 Å². The topological polar surface area (TPSA) is 100 Å². The van der Waals surface area contributed by atoms with Crippen LogP contribution in [0.4, 0.5) is 5.69 Å². The summed E-state index contributed by atoms with van der Waals surface area (Å²) < 4.78 is 14.3. The van der Waals surface area contributed by atoms with E-state index in [4.69, 9.17) is 9.47 Å². The lowest BCUT2D eigenvalue weighted by Crippen LogP contribution is -2.25. The van der Waals surface area contributed by atoms with Crippen molar-refractivity contribution in [1.29, 1.82) is 0 Å². The summed E-state index contributed by atoms with van der Waals surface area (Å²) in [4.78, 5) is 30.1. The van der Waals surface area contributed by atoms with Crippen LogP contribution in [0.15, 0.2) is 34.3 Å². The third-order valence-corrected chi connectivity index (χ3v) is 5.77. The molecule has 0 saturated carbocycles. The minimum atomic E-state index is -0.197. The van der Waals surface area contributed by atoms with Crippen molar-refractivity contribution in [3.05, 3.63) is 34.7 Å². The molecule has 0 bridgehead atoms. The van der Waals surface area contributed by atoms with Gasteiger partial charge in [-0.05, 0) is 24.5 Å². The Labute approximate surface area is 183 Å². The Hall–Kier alpha value is -3.01. The lowest BCUT2D eigenvalue weighted by Gasteiger charge is -2.19. The zero-order chi connectivity index (χ0) is 22.0. The summed E-state index contributed by atoms with van der Waals surface area (Å²) in [6, 6.07) is 5.29. The number of anilines is 1. The van der Waals surface area contributed by atoms with Crippen LogP contribution in [0.1, 0.15) is 20.3 Å². The van der Waals surface area contributed by atoms with Crippen molar-refractivity contribution in [1.82, 2.24) is 19.3 Å². The van der Waals surface area contributed by atoms with Crippen LogP contribution in [0.5, 0.6) is 11.5 Å². The first kappa shape index (κ1) is 21.2. The van der Waals surface area contributed by atoms with E-state index in [-0.39, 0.29) is 17.2 Å². The highest BCUT2D eigenvalue weighted by Crippen LogP contribution is 2.32. The van der Waals surface area contributed by atoms with Gasteiger partial charge in [-0.3, -0.25) is 18.8 Å². The maximum Gasteiger partial charge on any atom is 0.282 e. The standard InChI is InChI=1S/C21H25N5O4S/c1-13(2)6-7-26-20(28)19-15(11-25(3)24-19)23-21(26)31-12-18(27)22-14-4-5-16-17(10-14)30-9-8-29-16/h4-5,10-11,13H,6-9,12H2,1-3H3,(H,22,27). The Morgan fingerprint density at radius 2 is 2.03 bits per heavy atom. The molecule has 2 aromatic heterocycles. The fourth-order valence-corrected chi connectivity index (χ4v) is 4.06. The van der Waals surface area contributed by atoms with Gasteiger partial charge in [-0.25, -0.2) is 4.98 Å². The van der Waals surface area contributed by atoms with E-state index in [2.05, 4.69) is 29.2 Å². The second-order valence-electron chi connectivity index (χ2n) is 7.77. The van der Waals surface area contributed by atoms with Crippen LogP contribution in [0.25, 0.3) is 11.0 Å². The zero-order valence-corrected chi connectivity index (χ0v) is 18.6. The molecular weight excluding hydrogens is 418 g/mol. The smallest absolute Gasteiger partial charge is 0.282 e. The Morgan fingerprint density at radius 1 is 1.26 bits per heavy atom. The van der Waals surface area contributed by atoms with Gasteiger partial charge in [0.25, 0.3) is 5.56 Å². The van der Waals surface area contributed by atoms with Gasteiger partial charge in [-0.15, -0.1) is 0 Å². The van der Waals surface area contributed by atoms with E-state index in [1.165, 1.54) is 11.8 Å². The van der Waals surface area contributed by atoms with Gasteiger partial charge in [0.05, 0.1) is 11.9 Å². The second kappa shape index (κ2) is 9.01. The molecule has 3 heterocycles. The van der Waals surface area contributed by atoms with Crippen molar-refractivity contribution in [2.24, 2.45) is 13.0 Å². The van der Waals surface area contributed by atoms with Gasteiger partial charge in [-0.2, -0.15) is 5.10 Å². The van der Waals surface area contributed by atoms with Crippen molar-refractivity contribution < 1.29 is 14.3 Å². The molecule has 0 aliphatic carbocycles. The maximum absolute atomic E-state index is 13.0. The molecule has 0 spiro atoms. The molecule has 1 N–H and O–H groups in total. The third-order valence-electron chi connectivity index (χ3n) is 4.79. The molecular formula is C21H25N5O4S. The van der Waals surface area contributed by atoms with Crippen LogP contribution in [0, 0.1) is 5.92 Å². The first-order valence-corrected chi connectivity index (χ1v) is 11.2. The van der Waals surface area contributed by atoms with E-state index < -0.39 is 0 Å². The quantitative estimate of drug-likeness (QED) is 0.443. The Bertz CT molecular complexity index is 1170. The van der Waals surface area contributed by atoms with Crippen LogP contribution in [-0.4, -0.2) is 44.2 Å². The van der Waals surface area contributed by atoms with E-state index in [9.17, 15) is 9.59 Å². The Morgan fingerprint density at radius 3 is 2.81 bits per heavy atom. The molecule has 9 nitrogen and oxygen atoms in total. The van der Waals surface area contributed by atoms with Gasteiger partial charge in [0.1, 0.15) is 18.7 Å². The van der Waals surface area contributed by atoms with Crippen molar-refractivity contribution in [3.8, 4) is 11.5 Å². The number of rotatable bonds is 7. The summed E-state index contributed by atoms with van der Waals surface area (Å²) >= 11 is 1.24. The normalized spacial score (nSPS) is 13.0. The van der Waals surface area contributed by atoms with Crippen LogP contribution >= 0.6 is 11.8 Å². The van der Waals surface area contributed by atoms with Gasteiger partial charge >= 0.3 is 0 Å². The molecule has 164 valence electrons. The summed E-state index contributed by atoms with van der Waals surface area (Å²) in [6.07, 6.45) is 2.54. The molecule has 10 heteroatoms. The molecule has 31 heavy (non-hydrogen) atoms. The van der Waals surface area contributed by atoms with Crippen LogP contribution in [0.3, 0.4) is 0 Å². The van der Waals surface area contributed by atoms with Crippen molar-refractivity contribution in [2.45, 2.75) is 32.0 Å². The van der Waals surface area contributed by atoms with Crippen molar-refractivity contribution in [3.63, 3.8) is 0 Å². The SMILES string of the molecule is CC(C)CCn1c(SCC(=O)Nc2ccc3c(c2)OCCO3)nc2cn(C)nc2c1=O. The Balaban J connectivity index is 1.50. The number of amides is 1. The second-order valence-corrected chi connectivity index (χ2v) is 8.71. The van der Waals surface area contributed by atoms with Gasteiger partial charge in [0.15, 0.2) is 22.2 Å². The summed E-state index contributed by atoms with van der Waals surface area (Å²) in [5, 5.41) is 7.62. The number of fused-ring (bicyclic) bond motifs is 2. The van der Waals surface area contributed by atoms with Gasteiger partial charge in [0.2, 0.25) is 5.91 Å². The van der Waals surface area contributed by atoms with E-state index >= 15 is 0 Å². The average Bonchev–Trinajstić information content (AvgIpc) is 3.12. The van der Waals surface area contributed by atoms with Gasteiger partial charge in [-0.1, -0.05) is 25.6 Å². The van der Waals surface area contributed by atoms with E-state index in [0.29, 0.717) is 59.1 Å². The summed E-state index contributed by atoms with van der Waals surface area (Å²) in [7, 11) is 1.76. The first-order chi connectivity index (χ1) is 14.9. The lowest BCUT2D eigenvalue weighted by atomic mass is 10.1. The highest BCUT2D eigenvalue weighted by atomic mass is 32.2. The number of ether oxygens (including phenoxy) is 2. The van der Waals surface area contributed by atoms with Crippen LogP contribution in [-0.2, 0) is 18.4 Å². The molecule has 0 saturated heterocycles. The minimum absolute atomic E-state index is 0.119. The van der Waals surface area contributed by atoms with Crippen molar-refractivity contribution >= 4 is 34.4 Å². The summed E-state index contributed by atoms with van der Waals surface area (Å²) in [5.41, 5.74) is 1.32. The van der Waals surface area contributed by atoms with Crippen LogP contribution in [0.2, 0.25) is 0 Å². The molecule has 0 atom stereocenters. The molecule has 0 radical (unpaired) electrons. The maximum atomic E-state index is 13.0. The average molecular weight is 444 g/mol. The monoisotopic (exact) mass is 443 g/mol. The molecule has 0 fully saturated rings. The fourth-order valence-electron chi connectivity index (χ4n) is 3.23. The number of benzene rings is 1. The molecule has 1 aliphatic rings. The number of carbonyl (C=O) groups is 1. The number of carbonyl (C=O) groups excluding carboxylic acids is 1. The number of hydrogen-bond donors (Lipinski definition) is 1. The summed E-state index contributed by atoms with van der Waals surface area (Å²) in [5.74, 6) is 1.64. The largest absolute Gasteiger partial charge is 0.486 e. The molecule has 1 amide bonds. The zero-order valence-electron chi connectivity index (χ0n) is 17.8. The highest BCUT2D eigenvalue weighted by Gasteiger charge is 2.17. The number of aryl methyl sites for hydroxylation is 1. The number of nitrogens with zero attached hydrogens (tertiary/aromatic N) is 4. The molecule has 4 rings (SSSR count). The minimum Gasteiger partial charge on any atom is -0.486 e. The molecule has 3 aromatic rings. The summed E-state index contributed by atoms with van der Waals surface area (Å²) in [6.45, 7) is 5.73. The predicted octanol–water partition coefficient (Wildman–Crippen LogP) is 2.68. The molecule has 1 aliphatic heterocycles. The van der Waals surface area contributed by atoms with E-state index in [1.54, 1.807) is 40.7 Å². The molecule has 0 unspecified atom stereocenters. The number of hydrogen-bond acceptors (Lipinski definition) is 7. The van der Waals surface area contributed by atoms with E-state index in [1.807, 2.05) is 0 Å². The highest BCUT2D eigenvalue weighted by molar-refractivity contribution is 7.99. The third kappa shape index (κ3) is 4.84. The van der Waals surface area contributed by atoms with E-state index in [0.717, 1.165) is 6.42 Å². The number of thioether (sulfide) groups is 1. The first-order valence-electron chi connectivity index (χ1n) is 10.2. The van der Waals surface area contributed by atoms with Crippen LogP contribution < -0.4 is 20.3 Å². The fraction of sp³-hybridized carbons (Fsp3) is 0.429. The Kier molecular flexibility index (Phi) is 6.17. The number of aromatic nitrogens is 4. The predicted molar refractivity (Wildman–Crippen MR) is 119 cm³/mol. The number of nitrogens with one attached hydrogen (secondary N) is 1. The van der Waals surface area contributed by atoms with Gasteiger partial charge in [0, 0.05) is 25.3 Å².